The lowest BCUT2D eigenvalue weighted by Gasteiger charge is -2.22. The third kappa shape index (κ3) is 12.3. The number of halogens is 1. The van der Waals surface area contributed by atoms with Gasteiger partial charge in [0.2, 0.25) is 0 Å². The predicted molar refractivity (Wildman–Crippen MR) is 80.8 cm³/mol. The van der Waals surface area contributed by atoms with Crippen molar-refractivity contribution in [2.75, 3.05) is 0 Å². The van der Waals surface area contributed by atoms with E-state index in [2.05, 4.69) is 39.8 Å². The van der Waals surface area contributed by atoms with Gasteiger partial charge >= 0.3 is 0 Å². The van der Waals surface area contributed by atoms with Gasteiger partial charge in [-0.25, -0.2) is 0 Å². The first-order valence-corrected chi connectivity index (χ1v) is 7.73. The molecule has 0 aliphatic carbocycles. The zero-order valence-electron chi connectivity index (χ0n) is 12.3. The molecule has 0 saturated carbocycles. The molecule has 0 aliphatic heterocycles. The van der Waals surface area contributed by atoms with Crippen LogP contribution in [0.15, 0.2) is 12.2 Å². The van der Waals surface area contributed by atoms with Crippen molar-refractivity contribution in [3.63, 3.8) is 0 Å². The highest BCUT2D eigenvalue weighted by Gasteiger charge is 2.18. The fourth-order valence-electron chi connectivity index (χ4n) is 2.23. The molecule has 0 heterocycles. The summed E-state index contributed by atoms with van der Waals surface area (Å²) in [6, 6.07) is 0. The second-order valence-corrected chi connectivity index (χ2v) is 6.75. The molecular weight excluding hydrogens is 228 g/mol. The molecule has 0 bridgehead atoms. The quantitative estimate of drug-likeness (QED) is 0.244. The zero-order chi connectivity index (χ0) is 13.1. The standard InChI is InChI=1S/C16H31Cl/c1-5-7-9-10-11-13-15(12-8-6-2)14-16(3,4)17/h8,12,15H,5-7,9-11,13-14H2,1-4H3. The van der Waals surface area contributed by atoms with E-state index in [1.54, 1.807) is 0 Å². The number of unbranched alkanes of at least 4 members (excludes halogenated alkanes) is 4. The molecule has 0 radical (unpaired) electrons. The molecule has 17 heavy (non-hydrogen) atoms. The van der Waals surface area contributed by atoms with Crippen molar-refractivity contribution in [2.45, 2.75) is 83.9 Å². The molecule has 0 rings (SSSR count). The van der Waals surface area contributed by atoms with Crippen molar-refractivity contribution in [3.05, 3.63) is 12.2 Å². The number of rotatable bonds is 10. The molecule has 0 amide bonds. The predicted octanol–water partition coefficient (Wildman–Crippen LogP) is 6.34. The van der Waals surface area contributed by atoms with Crippen LogP contribution in [-0.4, -0.2) is 4.87 Å². The summed E-state index contributed by atoms with van der Waals surface area (Å²) in [4.78, 5) is -0.0633. The van der Waals surface area contributed by atoms with Crippen LogP contribution in [0.2, 0.25) is 0 Å². The van der Waals surface area contributed by atoms with Crippen LogP contribution in [-0.2, 0) is 0 Å². The van der Waals surface area contributed by atoms with Gasteiger partial charge in [0.25, 0.3) is 0 Å². The molecule has 0 nitrogen and oxygen atoms in total. The first-order valence-electron chi connectivity index (χ1n) is 7.35. The summed E-state index contributed by atoms with van der Waals surface area (Å²) in [6.45, 7) is 8.71. The van der Waals surface area contributed by atoms with Gasteiger partial charge < -0.3 is 0 Å². The van der Waals surface area contributed by atoms with Crippen LogP contribution in [0.5, 0.6) is 0 Å². The molecule has 102 valence electrons. The highest BCUT2D eigenvalue weighted by molar-refractivity contribution is 6.23. The first kappa shape index (κ1) is 17.0. The summed E-state index contributed by atoms with van der Waals surface area (Å²) in [5.41, 5.74) is 0. The van der Waals surface area contributed by atoms with Gasteiger partial charge in [-0.2, -0.15) is 0 Å². The maximum atomic E-state index is 6.34. The van der Waals surface area contributed by atoms with Gasteiger partial charge in [0.1, 0.15) is 0 Å². The minimum Gasteiger partial charge on any atom is -0.120 e. The Morgan fingerprint density at radius 2 is 1.71 bits per heavy atom. The van der Waals surface area contributed by atoms with E-state index in [4.69, 9.17) is 11.6 Å². The van der Waals surface area contributed by atoms with Crippen molar-refractivity contribution in [2.24, 2.45) is 5.92 Å². The van der Waals surface area contributed by atoms with E-state index in [-0.39, 0.29) is 4.87 Å². The number of alkyl halides is 1. The van der Waals surface area contributed by atoms with Crippen LogP contribution < -0.4 is 0 Å². The van der Waals surface area contributed by atoms with Gasteiger partial charge in [-0.1, -0.05) is 58.1 Å². The van der Waals surface area contributed by atoms with Crippen molar-refractivity contribution in [3.8, 4) is 0 Å². The second kappa shape index (κ2) is 10.00. The lowest BCUT2D eigenvalue weighted by Crippen LogP contribution is -2.15. The van der Waals surface area contributed by atoms with E-state index < -0.39 is 0 Å². The average molecular weight is 259 g/mol. The lowest BCUT2D eigenvalue weighted by atomic mass is 9.91. The summed E-state index contributed by atoms with van der Waals surface area (Å²) in [5.74, 6) is 0.670. The summed E-state index contributed by atoms with van der Waals surface area (Å²) in [5, 5.41) is 0. The van der Waals surface area contributed by atoms with Crippen molar-refractivity contribution < 1.29 is 0 Å². The summed E-state index contributed by atoms with van der Waals surface area (Å²) >= 11 is 6.34. The van der Waals surface area contributed by atoms with E-state index in [9.17, 15) is 0 Å². The molecule has 0 spiro atoms. The molecule has 1 heteroatoms. The highest BCUT2D eigenvalue weighted by Crippen LogP contribution is 2.27. The molecule has 1 unspecified atom stereocenters. The normalized spacial score (nSPS) is 14.4. The van der Waals surface area contributed by atoms with Crippen molar-refractivity contribution >= 4 is 11.6 Å². The SMILES string of the molecule is CCC=CC(CCCCCCC)CC(C)(C)Cl. The van der Waals surface area contributed by atoms with Gasteiger partial charge in [0, 0.05) is 4.87 Å². The molecular formula is C16H31Cl. The van der Waals surface area contributed by atoms with Crippen LogP contribution in [0.4, 0.5) is 0 Å². The Balaban J connectivity index is 3.90. The maximum Gasteiger partial charge on any atom is 0.0396 e. The Kier molecular flexibility index (Phi) is 10.0. The number of allylic oxidation sites excluding steroid dienone is 2. The van der Waals surface area contributed by atoms with Crippen molar-refractivity contribution in [1.82, 2.24) is 0 Å². The van der Waals surface area contributed by atoms with Gasteiger partial charge in [0.05, 0.1) is 0 Å². The van der Waals surface area contributed by atoms with E-state index in [0.29, 0.717) is 5.92 Å². The van der Waals surface area contributed by atoms with E-state index in [1.807, 2.05) is 0 Å². The number of hydrogen-bond donors (Lipinski definition) is 0. The molecule has 0 fully saturated rings. The highest BCUT2D eigenvalue weighted by atomic mass is 35.5. The minimum absolute atomic E-state index is 0.0633. The van der Waals surface area contributed by atoms with Gasteiger partial charge in [-0.15, -0.1) is 11.6 Å². The number of hydrogen-bond acceptors (Lipinski definition) is 0. The Morgan fingerprint density at radius 3 is 2.24 bits per heavy atom. The third-order valence-corrected chi connectivity index (χ3v) is 3.22. The molecule has 0 saturated heterocycles. The van der Waals surface area contributed by atoms with E-state index in [0.717, 1.165) is 12.8 Å². The Morgan fingerprint density at radius 1 is 1.06 bits per heavy atom. The molecule has 0 aromatic rings. The third-order valence-electron chi connectivity index (χ3n) is 3.07. The van der Waals surface area contributed by atoms with E-state index in [1.165, 1.54) is 38.5 Å². The second-order valence-electron chi connectivity index (χ2n) is 5.72. The maximum absolute atomic E-state index is 6.34. The summed E-state index contributed by atoms with van der Waals surface area (Å²) < 4.78 is 0. The van der Waals surface area contributed by atoms with Gasteiger partial charge in [-0.05, 0) is 39.0 Å². The molecule has 1 atom stereocenters. The Labute approximate surface area is 114 Å². The van der Waals surface area contributed by atoms with Gasteiger partial charge in [0.15, 0.2) is 0 Å². The van der Waals surface area contributed by atoms with Gasteiger partial charge in [-0.3, -0.25) is 0 Å². The summed E-state index contributed by atoms with van der Waals surface area (Å²) in [6.07, 6.45) is 15.0. The fourth-order valence-corrected chi connectivity index (χ4v) is 2.43. The fraction of sp³-hybridized carbons (Fsp3) is 0.875. The topological polar surface area (TPSA) is 0 Å². The molecule has 0 aromatic heterocycles. The zero-order valence-corrected chi connectivity index (χ0v) is 13.0. The molecule has 0 N–H and O–H groups in total. The average Bonchev–Trinajstić information content (AvgIpc) is 2.23. The molecule has 0 aliphatic rings. The van der Waals surface area contributed by atoms with Crippen LogP contribution in [0.25, 0.3) is 0 Å². The lowest BCUT2D eigenvalue weighted by molar-refractivity contribution is 0.449. The van der Waals surface area contributed by atoms with Crippen LogP contribution >= 0.6 is 11.6 Å². The first-order chi connectivity index (χ1) is 7.99. The van der Waals surface area contributed by atoms with Crippen LogP contribution in [0, 0.1) is 5.92 Å². The van der Waals surface area contributed by atoms with E-state index >= 15 is 0 Å². The van der Waals surface area contributed by atoms with Crippen LogP contribution in [0.1, 0.15) is 79.1 Å². The Hall–Kier alpha value is 0.0300. The van der Waals surface area contributed by atoms with Crippen LogP contribution in [0.3, 0.4) is 0 Å². The Bertz CT molecular complexity index is 188. The molecule has 0 aromatic carbocycles. The monoisotopic (exact) mass is 258 g/mol. The summed E-state index contributed by atoms with van der Waals surface area (Å²) in [7, 11) is 0. The minimum atomic E-state index is -0.0633. The largest absolute Gasteiger partial charge is 0.120 e. The smallest absolute Gasteiger partial charge is 0.0396 e. The van der Waals surface area contributed by atoms with Crippen molar-refractivity contribution in [1.29, 1.82) is 0 Å².